The molecule has 7 heteroatoms. The van der Waals surface area contributed by atoms with Crippen LogP contribution in [0.15, 0.2) is 41.4 Å². The number of hydrogen-bond acceptors (Lipinski definition) is 3. The fourth-order valence-corrected chi connectivity index (χ4v) is 1.67. The second-order valence-corrected chi connectivity index (χ2v) is 5.62. The van der Waals surface area contributed by atoms with Gasteiger partial charge >= 0.3 is 6.03 Å². The highest BCUT2D eigenvalue weighted by atomic mass is 32.2. The van der Waals surface area contributed by atoms with Gasteiger partial charge in [0.15, 0.2) is 0 Å². The molecular weight excluding hydrogens is 268 g/mol. The zero-order valence-electron chi connectivity index (χ0n) is 10.6. The Kier molecular flexibility index (Phi) is 5.08. The Morgan fingerprint density at radius 1 is 1.26 bits per heavy atom. The lowest BCUT2D eigenvalue weighted by Gasteiger charge is -2.05. The van der Waals surface area contributed by atoms with Gasteiger partial charge in [0.05, 0.1) is 4.90 Å². The lowest BCUT2D eigenvalue weighted by molar-refractivity contribution is 0.255. The van der Waals surface area contributed by atoms with Crippen molar-refractivity contribution in [3.05, 3.63) is 36.5 Å². The van der Waals surface area contributed by atoms with Gasteiger partial charge in [0.1, 0.15) is 0 Å². The molecule has 0 spiro atoms. The Labute approximate surface area is 112 Å². The first-order valence-electron chi connectivity index (χ1n) is 5.61. The van der Waals surface area contributed by atoms with Gasteiger partial charge in [-0.05, 0) is 30.2 Å². The molecule has 0 radical (unpaired) electrons. The Balaban J connectivity index is 2.61. The third kappa shape index (κ3) is 5.54. The van der Waals surface area contributed by atoms with E-state index in [0.717, 1.165) is 0 Å². The molecule has 1 rings (SSSR count). The van der Waals surface area contributed by atoms with Crippen LogP contribution in [-0.2, 0) is 10.1 Å². The third-order valence-electron chi connectivity index (χ3n) is 2.11. The molecule has 1 aromatic rings. The zero-order valence-corrected chi connectivity index (χ0v) is 11.4. The topological polar surface area (TPSA) is 95.5 Å². The smallest absolute Gasteiger partial charge is 0.315 e. The normalized spacial score (nSPS) is 11.8. The summed E-state index contributed by atoms with van der Waals surface area (Å²) in [6.07, 6.45) is 3.35. The predicted octanol–water partition coefficient (Wildman–Crippen LogP) is 2.22. The Morgan fingerprint density at radius 2 is 1.84 bits per heavy atom. The first-order valence-corrected chi connectivity index (χ1v) is 7.05. The van der Waals surface area contributed by atoms with Gasteiger partial charge in [-0.2, -0.15) is 8.42 Å². The molecule has 104 valence electrons. The number of rotatable bonds is 4. The van der Waals surface area contributed by atoms with Gasteiger partial charge < -0.3 is 10.6 Å². The highest BCUT2D eigenvalue weighted by molar-refractivity contribution is 7.85. The molecular formula is C12H16N2O4S. The second-order valence-electron chi connectivity index (χ2n) is 4.20. The van der Waals surface area contributed by atoms with E-state index in [-0.39, 0.29) is 4.90 Å². The van der Waals surface area contributed by atoms with Crippen molar-refractivity contribution >= 4 is 21.8 Å². The van der Waals surface area contributed by atoms with Crippen molar-refractivity contribution in [3.8, 4) is 0 Å². The van der Waals surface area contributed by atoms with E-state index in [9.17, 15) is 13.2 Å². The van der Waals surface area contributed by atoms with Crippen molar-refractivity contribution < 1.29 is 17.8 Å². The lowest BCUT2D eigenvalue weighted by atomic mass is 10.2. The Morgan fingerprint density at radius 3 is 2.32 bits per heavy atom. The molecule has 0 fully saturated rings. The first-order chi connectivity index (χ1) is 8.79. The Hall–Kier alpha value is -1.86. The van der Waals surface area contributed by atoms with E-state index in [1.807, 2.05) is 19.9 Å². The molecule has 0 bridgehead atoms. The van der Waals surface area contributed by atoms with E-state index in [0.29, 0.717) is 11.6 Å². The summed E-state index contributed by atoms with van der Waals surface area (Å²) in [4.78, 5) is 11.2. The predicted molar refractivity (Wildman–Crippen MR) is 72.4 cm³/mol. The van der Waals surface area contributed by atoms with Crippen LogP contribution in [0.4, 0.5) is 10.5 Å². The van der Waals surface area contributed by atoms with Crippen LogP contribution in [-0.4, -0.2) is 19.0 Å². The zero-order chi connectivity index (χ0) is 14.5. The summed E-state index contributed by atoms with van der Waals surface area (Å²) in [5.41, 5.74) is 0.419. The van der Waals surface area contributed by atoms with Crippen LogP contribution in [0.3, 0.4) is 0 Å². The van der Waals surface area contributed by atoms with E-state index in [2.05, 4.69) is 10.6 Å². The molecule has 3 N–H and O–H groups in total. The van der Waals surface area contributed by atoms with Crippen LogP contribution in [0.5, 0.6) is 0 Å². The molecule has 19 heavy (non-hydrogen) atoms. The van der Waals surface area contributed by atoms with Crippen LogP contribution in [0.1, 0.15) is 13.8 Å². The van der Waals surface area contributed by atoms with Crippen LogP contribution < -0.4 is 10.6 Å². The van der Waals surface area contributed by atoms with Crippen LogP contribution >= 0.6 is 0 Å². The maximum atomic E-state index is 11.4. The highest BCUT2D eigenvalue weighted by Crippen LogP contribution is 2.13. The molecule has 0 unspecified atom stereocenters. The molecule has 0 aliphatic rings. The summed E-state index contributed by atoms with van der Waals surface area (Å²) < 4.78 is 30.4. The third-order valence-corrected chi connectivity index (χ3v) is 2.97. The van der Waals surface area contributed by atoms with E-state index >= 15 is 0 Å². The minimum absolute atomic E-state index is 0.224. The number of urea groups is 1. The lowest BCUT2D eigenvalue weighted by Crippen LogP contribution is -2.23. The number of amides is 2. The van der Waals surface area contributed by atoms with Gasteiger partial charge in [0, 0.05) is 11.9 Å². The molecule has 0 saturated carbocycles. The average Bonchev–Trinajstić information content (AvgIpc) is 2.27. The van der Waals surface area contributed by atoms with Gasteiger partial charge in [-0.15, -0.1) is 0 Å². The number of hydrogen-bond donors (Lipinski definition) is 3. The van der Waals surface area contributed by atoms with Crippen LogP contribution in [0.2, 0.25) is 0 Å². The van der Waals surface area contributed by atoms with Crippen LogP contribution in [0.25, 0.3) is 0 Å². The number of benzene rings is 1. The minimum Gasteiger partial charge on any atom is -0.315 e. The van der Waals surface area contributed by atoms with Crippen molar-refractivity contribution in [3.63, 3.8) is 0 Å². The van der Waals surface area contributed by atoms with Crippen LogP contribution in [0, 0.1) is 5.92 Å². The summed E-state index contributed by atoms with van der Waals surface area (Å²) in [5.74, 6) is 0.328. The van der Waals surface area contributed by atoms with E-state index in [4.69, 9.17) is 4.55 Å². The molecule has 0 aliphatic carbocycles. The number of carbonyl (C=O) groups is 1. The standard InChI is InChI=1S/C12H16N2O4S/c1-9(2)7-8-13-12(15)14-10-3-5-11(6-4-10)19(16,17)18/h3-9H,1-2H3,(H2,13,14,15)(H,16,17,18)/b8-7+. The number of carbonyl (C=O) groups excluding carboxylic acids is 1. The largest absolute Gasteiger partial charge is 0.323 e. The molecule has 0 atom stereocenters. The number of anilines is 1. The van der Waals surface area contributed by atoms with Crippen molar-refractivity contribution in [1.29, 1.82) is 0 Å². The number of nitrogens with one attached hydrogen (secondary N) is 2. The van der Waals surface area contributed by atoms with Gasteiger partial charge in [-0.1, -0.05) is 19.9 Å². The molecule has 6 nitrogen and oxygen atoms in total. The quantitative estimate of drug-likeness (QED) is 0.739. The van der Waals surface area contributed by atoms with E-state index in [1.165, 1.54) is 30.5 Å². The monoisotopic (exact) mass is 284 g/mol. The van der Waals surface area contributed by atoms with Crippen molar-refractivity contribution in [2.24, 2.45) is 5.92 Å². The average molecular weight is 284 g/mol. The fourth-order valence-electron chi connectivity index (χ4n) is 1.19. The minimum atomic E-state index is -4.21. The second kappa shape index (κ2) is 6.35. The molecule has 1 aromatic carbocycles. The molecule has 2 amide bonds. The maximum Gasteiger partial charge on any atom is 0.323 e. The van der Waals surface area contributed by atoms with Crippen molar-refractivity contribution in [2.45, 2.75) is 18.7 Å². The van der Waals surface area contributed by atoms with Crippen molar-refractivity contribution in [2.75, 3.05) is 5.32 Å². The fraction of sp³-hybridized carbons (Fsp3) is 0.250. The van der Waals surface area contributed by atoms with E-state index in [1.54, 1.807) is 0 Å². The summed E-state index contributed by atoms with van der Waals surface area (Å²) in [6, 6.07) is 4.74. The maximum absolute atomic E-state index is 11.4. The summed E-state index contributed by atoms with van der Waals surface area (Å²) >= 11 is 0. The van der Waals surface area contributed by atoms with E-state index < -0.39 is 16.1 Å². The summed E-state index contributed by atoms with van der Waals surface area (Å²) in [6.45, 7) is 3.95. The molecule has 0 aliphatic heterocycles. The van der Waals surface area contributed by atoms with Gasteiger partial charge in [-0.25, -0.2) is 4.79 Å². The van der Waals surface area contributed by atoms with Crippen molar-refractivity contribution in [1.82, 2.24) is 5.32 Å². The number of allylic oxidation sites excluding steroid dienone is 1. The van der Waals surface area contributed by atoms with Gasteiger partial charge in [0.2, 0.25) is 0 Å². The molecule has 0 aromatic heterocycles. The van der Waals surface area contributed by atoms with Gasteiger partial charge in [-0.3, -0.25) is 4.55 Å². The summed E-state index contributed by atoms with van der Waals surface area (Å²) in [7, 11) is -4.21. The summed E-state index contributed by atoms with van der Waals surface area (Å²) in [5, 5.41) is 5.03. The Bertz CT molecular complexity index is 562. The molecule has 0 heterocycles. The van der Waals surface area contributed by atoms with Gasteiger partial charge in [0.25, 0.3) is 10.1 Å². The SMILES string of the molecule is CC(C)/C=C/NC(=O)Nc1ccc(S(=O)(=O)O)cc1. The highest BCUT2D eigenvalue weighted by Gasteiger charge is 2.08. The first kappa shape index (κ1) is 15.2. The molecule has 0 saturated heterocycles.